The maximum atomic E-state index is 11.7. The standard InChI is InChI=1S/C20H24N4O3/c1-27-15-6-13(16-17(19(21)26)23-24-22-16)5-14(18(15)25)20-7-10-2-11(8-20)4-12(3-10)9-20/h5-6,10-12,25H,2-4,7-9H2,1H3,(H2,21,26)(H,22,23,24). The average Bonchev–Trinajstić information content (AvgIpc) is 3.10. The van der Waals surface area contributed by atoms with Crippen LogP contribution in [-0.2, 0) is 5.41 Å². The summed E-state index contributed by atoms with van der Waals surface area (Å²) < 4.78 is 5.46. The van der Waals surface area contributed by atoms with Crippen molar-refractivity contribution < 1.29 is 14.6 Å². The Kier molecular flexibility index (Phi) is 3.51. The van der Waals surface area contributed by atoms with Gasteiger partial charge in [-0.1, -0.05) is 0 Å². The second kappa shape index (κ2) is 5.71. The zero-order chi connectivity index (χ0) is 18.8. The van der Waals surface area contributed by atoms with Crippen LogP contribution in [0.25, 0.3) is 11.3 Å². The number of carbonyl (C=O) groups excluding carboxylic acids is 1. The molecule has 7 nitrogen and oxygen atoms in total. The van der Waals surface area contributed by atoms with E-state index in [2.05, 4.69) is 15.4 Å². The molecule has 4 aliphatic rings. The molecule has 1 heterocycles. The molecular weight excluding hydrogens is 344 g/mol. The zero-order valence-electron chi connectivity index (χ0n) is 15.4. The van der Waals surface area contributed by atoms with E-state index in [0.717, 1.165) is 42.6 Å². The molecule has 4 saturated carbocycles. The molecule has 1 aromatic carbocycles. The van der Waals surface area contributed by atoms with Gasteiger partial charge in [-0.2, -0.15) is 15.4 Å². The number of hydrogen-bond donors (Lipinski definition) is 3. The van der Waals surface area contributed by atoms with E-state index in [1.165, 1.54) is 19.3 Å². The Morgan fingerprint density at radius 2 is 1.81 bits per heavy atom. The van der Waals surface area contributed by atoms with Crippen LogP contribution in [0.4, 0.5) is 0 Å². The smallest absolute Gasteiger partial charge is 0.271 e. The molecule has 1 amide bonds. The van der Waals surface area contributed by atoms with E-state index in [-0.39, 0.29) is 16.9 Å². The number of ether oxygens (including phenoxy) is 1. The van der Waals surface area contributed by atoms with Crippen LogP contribution in [0.3, 0.4) is 0 Å². The van der Waals surface area contributed by atoms with Gasteiger partial charge in [-0.25, -0.2) is 0 Å². The van der Waals surface area contributed by atoms with Crippen molar-refractivity contribution in [3.63, 3.8) is 0 Å². The van der Waals surface area contributed by atoms with E-state index < -0.39 is 5.91 Å². The summed E-state index contributed by atoms with van der Waals surface area (Å²) in [5.41, 5.74) is 7.53. The molecule has 27 heavy (non-hydrogen) atoms. The van der Waals surface area contributed by atoms with Gasteiger partial charge in [0, 0.05) is 11.1 Å². The van der Waals surface area contributed by atoms with E-state index in [1.807, 2.05) is 6.07 Å². The third-order valence-corrected chi connectivity index (χ3v) is 6.96. The van der Waals surface area contributed by atoms with Gasteiger partial charge >= 0.3 is 0 Å². The fourth-order valence-electron chi connectivity index (χ4n) is 6.35. The van der Waals surface area contributed by atoms with E-state index >= 15 is 0 Å². The Morgan fingerprint density at radius 1 is 1.19 bits per heavy atom. The molecule has 0 aliphatic heterocycles. The number of nitrogens with one attached hydrogen (secondary N) is 1. The van der Waals surface area contributed by atoms with Crippen molar-refractivity contribution in [2.24, 2.45) is 23.5 Å². The van der Waals surface area contributed by atoms with Crippen LogP contribution in [0.15, 0.2) is 12.1 Å². The number of aromatic amines is 1. The topological polar surface area (TPSA) is 114 Å². The molecule has 142 valence electrons. The normalized spacial score (nSPS) is 31.2. The summed E-state index contributed by atoms with van der Waals surface area (Å²) in [6, 6.07) is 3.67. The number of aromatic nitrogens is 3. The largest absolute Gasteiger partial charge is 0.504 e. The summed E-state index contributed by atoms with van der Waals surface area (Å²) in [4.78, 5) is 11.7. The summed E-state index contributed by atoms with van der Waals surface area (Å²) >= 11 is 0. The molecule has 6 rings (SSSR count). The lowest BCUT2D eigenvalue weighted by atomic mass is 9.48. The van der Waals surface area contributed by atoms with E-state index in [4.69, 9.17) is 10.5 Å². The molecule has 1 aromatic heterocycles. The van der Waals surface area contributed by atoms with Crippen LogP contribution in [0.1, 0.15) is 54.6 Å². The minimum atomic E-state index is -0.637. The summed E-state index contributed by atoms with van der Waals surface area (Å²) in [6.45, 7) is 0. The van der Waals surface area contributed by atoms with Crippen LogP contribution >= 0.6 is 0 Å². The van der Waals surface area contributed by atoms with Crippen molar-refractivity contribution in [2.75, 3.05) is 7.11 Å². The molecule has 0 atom stereocenters. The predicted octanol–water partition coefficient (Wildman–Crippen LogP) is 2.75. The Labute approximate surface area is 157 Å². The first-order valence-corrected chi connectivity index (χ1v) is 9.61. The van der Waals surface area contributed by atoms with Gasteiger partial charge in [0.25, 0.3) is 5.91 Å². The third kappa shape index (κ3) is 2.44. The summed E-state index contributed by atoms with van der Waals surface area (Å²) in [7, 11) is 1.54. The minimum absolute atomic E-state index is 0.0151. The number of carbonyl (C=O) groups is 1. The molecular formula is C20H24N4O3. The lowest BCUT2D eigenvalue weighted by molar-refractivity contribution is -0.00624. The summed E-state index contributed by atoms with van der Waals surface area (Å²) in [6.07, 6.45) is 7.31. The Bertz CT molecular complexity index is 885. The molecule has 0 radical (unpaired) electrons. The van der Waals surface area contributed by atoms with Crippen molar-refractivity contribution in [2.45, 2.75) is 43.9 Å². The van der Waals surface area contributed by atoms with Crippen LogP contribution < -0.4 is 10.5 Å². The summed E-state index contributed by atoms with van der Waals surface area (Å²) in [5.74, 6) is 2.22. The Balaban J connectivity index is 1.67. The van der Waals surface area contributed by atoms with E-state index in [0.29, 0.717) is 17.0 Å². The van der Waals surface area contributed by atoms with Gasteiger partial charge < -0.3 is 15.6 Å². The molecule has 0 saturated heterocycles. The first-order chi connectivity index (χ1) is 13.0. The van der Waals surface area contributed by atoms with Crippen LogP contribution in [-0.4, -0.2) is 33.5 Å². The van der Waals surface area contributed by atoms with Crippen molar-refractivity contribution in [1.29, 1.82) is 0 Å². The number of methoxy groups -OCH3 is 1. The molecule has 4 aliphatic carbocycles. The molecule has 4 N–H and O–H groups in total. The number of primary amides is 1. The second-order valence-electron chi connectivity index (χ2n) is 8.66. The molecule has 0 unspecified atom stereocenters. The number of phenols is 1. The van der Waals surface area contributed by atoms with Gasteiger partial charge in [-0.05, 0) is 73.8 Å². The highest BCUT2D eigenvalue weighted by Crippen LogP contribution is 2.62. The number of phenolic OH excluding ortho intramolecular Hbond substituents is 1. The minimum Gasteiger partial charge on any atom is -0.504 e. The van der Waals surface area contributed by atoms with Crippen molar-refractivity contribution in [3.05, 3.63) is 23.4 Å². The molecule has 4 bridgehead atoms. The lowest BCUT2D eigenvalue weighted by Gasteiger charge is -2.57. The summed E-state index contributed by atoms with van der Waals surface area (Å²) in [5, 5.41) is 21.5. The van der Waals surface area contributed by atoms with Gasteiger partial charge in [-0.15, -0.1) is 0 Å². The highest BCUT2D eigenvalue weighted by atomic mass is 16.5. The number of nitrogens with zero attached hydrogens (tertiary/aromatic N) is 2. The van der Waals surface area contributed by atoms with Crippen LogP contribution in [0.5, 0.6) is 11.5 Å². The van der Waals surface area contributed by atoms with Crippen LogP contribution in [0.2, 0.25) is 0 Å². The molecule has 7 heteroatoms. The maximum absolute atomic E-state index is 11.7. The van der Waals surface area contributed by atoms with Gasteiger partial charge in [-0.3, -0.25) is 4.79 Å². The Morgan fingerprint density at radius 3 is 2.37 bits per heavy atom. The highest BCUT2D eigenvalue weighted by molar-refractivity contribution is 5.96. The third-order valence-electron chi connectivity index (χ3n) is 6.96. The Hall–Kier alpha value is -2.57. The SMILES string of the molecule is COc1cc(-c2n[nH]nc2C(N)=O)cc(C23CC4CC(CC(C4)C2)C3)c1O. The van der Waals surface area contributed by atoms with Gasteiger partial charge in [0.15, 0.2) is 17.2 Å². The van der Waals surface area contributed by atoms with Gasteiger partial charge in [0.1, 0.15) is 5.69 Å². The number of hydrogen-bond acceptors (Lipinski definition) is 5. The molecule has 4 fully saturated rings. The van der Waals surface area contributed by atoms with Crippen molar-refractivity contribution in [1.82, 2.24) is 15.4 Å². The number of aromatic hydroxyl groups is 1. The highest BCUT2D eigenvalue weighted by Gasteiger charge is 2.52. The predicted molar refractivity (Wildman–Crippen MR) is 98.4 cm³/mol. The number of benzene rings is 1. The molecule has 0 spiro atoms. The second-order valence-corrected chi connectivity index (χ2v) is 8.66. The van der Waals surface area contributed by atoms with Crippen molar-refractivity contribution in [3.8, 4) is 22.8 Å². The van der Waals surface area contributed by atoms with E-state index in [1.54, 1.807) is 13.2 Å². The van der Waals surface area contributed by atoms with Gasteiger partial charge in [0.05, 0.1) is 7.11 Å². The monoisotopic (exact) mass is 368 g/mol. The zero-order valence-corrected chi connectivity index (χ0v) is 15.4. The first-order valence-electron chi connectivity index (χ1n) is 9.61. The number of rotatable bonds is 4. The van der Waals surface area contributed by atoms with Crippen LogP contribution in [0, 0.1) is 17.8 Å². The number of amides is 1. The maximum Gasteiger partial charge on any atom is 0.271 e. The van der Waals surface area contributed by atoms with Crippen molar-refractivity contribution >= 4 is 5.91 Å². The van der Waals surface area contributed by atoms with Gasteiger partial charge in [0.2, 0.25) is 0 Å². The molecule has 2 aromatic rings. The average molecular weight is 368 g/mol. The fraction of sp³-hybridized carbons (Fsp3) is 0.550. The lowest BCUT2D eigenvalue weighted by Crippen LogP contribution is -2.48. The van der Waals surface area contributed by atoms with E-state index in [9.17, 15) is 9.90 Å². The quantitative estimate of drug-likeness (QED) is 0.768. The first kappa shape index (κ1) is 16.6. The fourth-order valence-corrected chi connectivity index (χ4v) is 6.35. The number of nitrogens with two attached hydrogens (primary N) is 1. The number of H-pyrrole nitrogens is 1.